The monoisotopic (exact) mass is 2390 g/mol. The van der Waals surface area contributed by atoms with E-state index in [1.807, 2.05) is 36.4 Å². The molecule has 0 radical (unpaired) electrons. The molecule has 6 heterocycles. The Morgan fingerprint density at radius 1 is 0.281 bits per heavy atom. The summed E-state index contributed by atoms with van der Waals surface area (Å²) in [6.45, 7) is 22.4. The van der Waals surface area contributed by atoms with Crippen LogP contribution in [-0.2, 0) is 45.2 Å². The number of para-hydroxylation sites is 6. The zero-order valence-corrected chi connectivity index (χ0v) is 105. The Bertz CT molecular complexity index is 6600. The van der Waals surface area contributed by atoms with E-state index in [0.717, 1.165) is 67.5 Å². The molecule has 0 spiro atoms. The van der Waals surface area contributed by atoms with Crippen molar-refractivity contribution >= 4 is 320 Å². The Morgan fingerprint density at radius 2 is 0.541 bits per heavy atom. The van der Waals surface area contributed by atoms with Gasteiger partial charge in [-0.1, -0.05) is 231 Å². The van der Waals surface area contributed by atoms with E-state index in [0.29, 0.717) is 8.95 Å². The van der Waals surface area contributed by atoms with Gasteiger partial charge in [-0.25, -0.2) is 16.8 Å². The Balaban J connectivity index is 0.000000149. The molecule has 6 aliphatic heterocycles. The quantitative estimate of drug-likeness (QED) is 0.0677. The number of carbonyl (C=O) groups excluding carboxylic acids is 2. The molecule has 19 rings (SSSR count). The maximum atomic E-state index is 14.6. The van der Waals surface area contributed by atoms with Crippen LogP contribution in [0.4, 0.5) is 51.2 Å². The lowest BCUT2D eigenvalue weighted by molar-refractivity contribution is 0.00578. The molecule has 40 heteroatoms. The first-order valence-electron chi connectivity index (χ1n) is 42.4. The number of benzene rings is 13. The molecule has 13 aromatic rings. The van der Waals surface area contributed by atoms with Gasteiger partial charge < -0.3 is 24.0 Å². The van der Waals surface area contributed by atoms with Crippen molar-refractivity contribution in [2.75, 3.05) is 14.7 Å². The smallest absolute Gasteiger partial charge is 0.399 e. The van der Waals surface area contributed by atoms with Crippen molar-refractivity contribution in [2.24, 2.45) is 0 Å². The van der Waals surface area contributed by atoms with Crippen LogP contribution in [0.25, 0.3) is 22.3 Å². The molecule has 0 aromatic heterocycles. The number of anilines is 9. The third kappa shape index (κ3) is 21.2. The summed E-state index contributed by atoms with van der Waals surface area (Å²) < 4.78 is 67.5. The number of sulfone groups is 2. The Hall–Kier alpha value is -0.235. The zero-order chi connectivity index (χ0) is 97.0. The second-order valence-electron chi connectivity index (χ2n) is 35.3. The van der Waals surface area contributed by atoms with E-state index in [1.165, 1.54) is 56.9 Å². The molecule has 135 heavy (non-hydrogen) atoms. The van der Waals surface area contributed by atoms with Crippen molar-refractivity contribution in [1.29, 1.82) is 0 Å². The fraction of sp³-hybridized carbons (Fsp3) is 0.158. The third-order valence-electron chi connectivity index (χ3n) is 25.4. The van der Waals surface area contributed by atoms with Crippen LogP contribution in [0.15, 0.2) is 320 Å². The van der Waals surface area contributed by atoms with Crippen LogP contribution < -0.4 is 20.2 Å². The van der Waals surface area contributed by atoms with Crippen LogP contribution in [0.2, 0.25) is 0 Å². The lowest BCUT2D eigenvalue weighted by atomic mass is 9.73. The van der Waals surface area contributed by atoms with Crippen molar-refractivity contribution in [2.45, 2.75) is 116 Å². The Kier molecular flexibility index (Phi) is 34.7. The molecule has 0 amide bonds. The number of nitrogens with zero attached hydrogens (tertiary/aromatic N) is 3. The van der Waals surface area contributed by atoms with E-state index in [4.69, 9.17) is 9.31 Å². The SMILES string of the molecule is CC1(C)c2ccccc2N(c2cccc(-c3ccc4c(c3)C(=O)c3cc(-c5cccc(N6c7ccccc7C(C)(C)c7ccccc76)c5)ccc3S4(=O)=O)c2)c2ccccc21.CC1(C)c2ccccc2N(c2cccc(B3OC(C)(C)C(C)(C)O3)c2)c2ccccc21.O=C1c2cc(Br)ccc2S(=O)(=O)c2ccc(Br)cc21.PP(P)P(P)P(P(P)P)P(P(P(P)P)P(P)P)P(P(P)P)P(P)P. The van der Waals surface area contributed by atoms with Gasteiger partial charge in [0, 0.05) is 64.5 Å². The molecule has 0 aliphatic carbocycles. The number of rotatable bonds is 16. The standard InChI is InChI=1S/C55H42N2O3S.C27H30BNO2.C13H6Br2O3S.H26P24/c1-54(2)43-19-5-9-23-47(43)56(48-24-10-6-20-44(48)54)39-17-13-15-35(31-39)37-27-29-51-41(33-37)53(58)42-34-38(28-30-52(42)61(51,59)60)36-16-14-18-40(32-36)57-49-25-11-7-21-45(49)55(3,4)46-22-8-12-26-50(46)57;1-25(2)21-14-7-9-16-23(21)29(24-17-10-8-15-22(24)25)20-13-11-12-19(18-20)28-30-26(3,4)27(5,6)31-28;14-7-1-3-11-9(5-7)13(16)10-6-8(15)2-4-12(10)19(11,17)18;1-14(2)20(13)23(19(11)12)24(21(15(3)4)16(5)6)22(17(7)8)18(9)10/h5-34H,1-4H3;7-18H,1-6H3;1-6H;1-13H2. The molecule has 1 saturated heterocycles. The second-order valence-corrected chi connectivity index (χ2v) is 136. The van der Waals surface area contributed by atoms with E-state index >= 15 is 0 Å². The van der Waals surface area contributed by atoms with Crippen LogP contribution in [-0.4, -0.2) is 46.7 Å². The van der Waals surface area contributed by atoms with Gasteiger partial charge in [0.25, 0.3) is 0 Å². The first-order valence-corrected chi connectivity index (χ1v) is 89.8. The normalized spacial score (nSPS) is 17.0. The highest BCUT2D eigenvalue weighted by Crippen LogP contribution is 3.34. The van der Waals surface area contributed by atoms with Gasteiger partial charge >= 0.3 is 7.12 Å². The zero-order valence-electron chi connectivity index (χ0n) is 75.4. The highest BCUT2D eigenvalue weighted by atomic mass is 79.9. The molecule has 13 aromatic carbocycles. The minimum Gasteiger partial charge on any atom is -0.399 e. The molecule has 11 nitrogen and oxygen atoms in total. The van der Waals surface area contributed by atoms with Crippen molar-refractivity contribution in [3.05, 3.63) is 356 Å². The maximum absolute atomic E-state index is 14.6. The van der Waals surface area contributed by atoms with Crippen molar-refractivity contribution in [3.8, 4) is 22.3 Å². The highest BCUT2D eigenvalue weighted by Gasteiger charge is 2.53. The molecule has 696 valence electrons. The van der Waals surface area contributed by atoms with Crippen LogP contribution >= 0.6 is 225 Å². The second kappa shape index (κ2) is 43.5. The number of ketones is 2. The Morgan fingerprint density at radius 3 is 0.830 bits per heavy atom. The molecule has 0 N–H and O–H groups in total. The van der Waals surface area contributed by atoms with Crippen LogP contribution in [0, 0.1) is 0 Å². The van der Waals surface area contributed by atoms with Crippen molar-refractivity contribution in [1.82, 2.24) is 0 Å². The number of hydrogen-bond donors (Lipinski definition) is 0. The molecular formula is C95H104BBr2N3O8P24S2. The summed E-state index contributed by atoms with van der Waals surface area (Å²) in [6, 6.07) is 96.1. The number of carbonyl (C=O) groups is 2. The summed E-state index contributed by atoms with van der Waals surface area (Å²) in [6.07, 6.45) is 0. The number of hydrogen-bond acceptors (Lipinski definition) is 11. The summed E-state index contributed by atoms with van der Waals surface area (Å²) in [7, 11) is 33.8. The van der Waals surface area contributed by atoms with Gasteiger partial charge in [-0.2, -0.15) is 0 Å². The first kappa shape index (κ1) is 108. The average molecular weight is 2390 g/mol. The number of fused-ring (bicyclic) bond motifs is 10. The third-order valence-corrected chi connectivity index (χ3v) is 185. The predicted molar refractivity (Wildman–Crippen MR) is 655 cm³/mol. The van der Waals surface area contributed by atoms with Gasteiger partial charge in [-0.3, -0.25) is 9.59 Å². The average Bonchev–Trinajstić information content (AvgIpc) is 0.816. The van der Waals surface area contributed by atoms with E-state index in [2.05, 4.69) is 426 Å². The van der Waals surface area contributed by atoms with Gasteiger partial charge in [0.15, 0.2) is 11.6 Å². The summed E-state index contributed by atoms with van der Waals surface area (Å²) in [5.41, 5.74) is 21.5. The van der Waals surface area contributed by atoms with Crippen LogP contribution in [0.3, 0.4) is 0 Å². The maximum Gasteiger partial charge on any atom is 0.494 e. The molecule has 0 saturated carbocycles. The van der Waals surface area contributed by atoms with Gasteiger partial charge in [-0.15, -0.1) is 116 Å². The predicted octanol–water partition coefficient (Wildman–Crippen LogP) is 37.0. The molecule has 0 bridgehead atoms. The van der Waals surface area contributed by atoms with Gasteiger partial charge in [0.2, 0.25) is 19.7 Å². The molecule has 1 fully saturated rings. The van der Waals surface area contributed by atoms with Gasteiger partial charge in [0.1, 0.15) is 0 Å². The van der Waals surface area contributed by atoms with Gasteiger partial charge in [0.05, 0.1) is 64.9 Å². The molecule has 6 aliphatic rings. The van der Waals surface area contributed by atoms with E-state index in [-0.39, 0.29) is 165 Å². The summed E-state index contributed by atoms with van der Waals surface area (Å²) >= 11 is 6.51. The molecule has 15 atom stereocenters. The highest BCUT2D eigenvalue weighted by molar-refractivity contribution is 9.40. The van der Waals surface area contributed by atoms with E-state index in [9.17, 15) is 26.4 Å². The topological polar surface area (TPSA) is 131 Å². The fourth-order valence-electron chi connectivity index (χ4n) is 18.1. The fourth-order valence-corrected chi connectivity index (χ4v) is 311. The van der Waals surface area contributed by atoms with Crippen LogP contribution in [0.5, 0.6) is 0 Å². The summed E-state index contributed by atoms with van der Waals surface area (Å²) in [5, 5.41) is 0. The minimum absolute atomic E-state index is 0.00181. The summed E-state index contributed by atoms with van der Waals surface area (Å²) in [5.74, 6) is -0.583. The molecule has 15 unspecified atom stereocenters. The lowest BCUT2D eigenvalue weighted by Crippen LogP contribution is -2.41. The van der Waals surface area contributed by atoms with E-state index in [1.54, 1.807) is 48.5 Å². The molecular weight excluding hydrogens is 2290 g/mol. The number of halogens is 2. The van der Waals surface area contributed by atoms with Crippen LogP contribution in [0.1, 0.15) is 134 Å². The first-order chi connectivity index (χ1) is 63.8. The largest absolute Gasteiger partial charge is 0.494 e. The van der Waals surface area contributed by atoms with Crippen molar-refractivity contribution in [3.63, 3.8) is 0 Å². The van der Waals surface area contributed by atoms with Crippen molar-refractivity contribution < 1.29 is 35.7 Å². The Labute approximate surface area is 855 Å². The summed E-state index contributed by atoms with van der Waals surface area (Å²) in [4.78, 5) is 34.1. The minimum atomic E-state index is -3.98. The van der Waals surface area contributed by atoms with Gasteiger partial charge in [-0.05, 0) is 299 Å². The lowest BCUT2D eigenvalue weighted by Gasteiger charge is -2.48. The van der Waals surface area contributed by atoms with E-state index < -0.39 is 19.7 Å².